The Hall–Kier alpha value is -1.82. The Kier molecular flexibility index (Phi) is 1.68. The molecule has 0 amide bonds. The molecule has 0 bridgehead atoms. The van der Waals surface area contributed by atoms with Gasteiger partial charge in [0.2, 0.25) is 0 Å². The second-order valence-corrected chi connectivity index (χ2v) is 4.86. The number of nitriles is 1. The maximum Gasteiger partial charge on any atom is 0.0955 e. The van der Waals surface area contributed by atoms with E-state index >= 15 is 0 Å². The number of imidazole rings is 1. The summed E-state index contributed by atoms with van der Waals surface area (Å²) in [6.45, 7) is 2.16. The zero-order valence-corrected chi connectivity index (χ0v) is 9.44. The van der Waals surface area contributed by atoms with Gasteiger partial charge in [-0.05, 0) is 24.1 Å². The van der Waals surface area contributed by atoms with Crippen LogP contribution in [0.2, 0.25) is 0 Å². The number of fused-ring (bicyclic) bond motifs is 1. The predicted molar refractivity (Wildman–Crippen MR) is 61.8 cm³/mol. The fourth-order valence-electron chi connectivity index (χ4n) is 2.36. The van der Waals surface area contributed by atoms with Gasteiger partial charge in [-0.15, -0.1) is 0 Å². The Balaban J connectivity index is 2.11. The Labute approximate surface area is 94.3 Å². The van der Waals surface area contributed by atoms with Gasteiger partial charge in [-0.25, -0.2) is 4.98 Å². The third kappa shape index (κ3) is 1.10. The van der Waals surface area contributed by atoms with Crippen molar-refractivity contribution in [1.82, 2.24) is 9.55 Å². The zero-order chi connectivity index (χ0) is 11.3. The summed E-state index contributed by atoms with van der Waals surface area (Å²) >= 11 is 0. The first-order chi connectivity index (χ1) is 7.65. The molecule has 2 aromatic rings. The van der Waals surface area contributed by atoms with Gasteiger partial charge in [0.1, 0.15) is 0 Å². The van der Waals surface area contributed by atoms with Gasteiger partial charge in [0.15, 0.2) is 0 Å². The Morgan fingerprint density at radius 3 is 3.06 bits per heavy atom. The summed E-state index contributed by atoms with van der Waals surface area (Å²) in [6, 6.07) is 8.69. The van der Waals surface area contributed by atoms with E-state index in [0.717, 1.165) is 17.5 Å². The molecule has 1 fully saturated rings. The van der Waals surface area contributed by atoms with Crippen LogP contribution in [-0.4, -0.2) is 9.55 Å². The van der Waals surface area contributed by atoms with E-state index in [4.69, 9.17) is 5.26 Å². The Morgan fingerprint density at radius 2 is 2.38 bits per heavy atom. The first-order valence-electron chi connectivity index (χ1n) is 5.46. The Morgan fingerprint density at radius 1 is 1.56 bits per heavy atom. The third-order valence-electron chi connectivity index (χ3n) is 3.78. The molecule has 0 radical (unpaired) electrons. The lowest BCUT2D eigenvalue weighted by Crippen LogP contribution is -2.03. The van der Waals surface area contributed by atoms with Crippen molar-refractivity contribution in [3.05, 3.63) is 30.1 Å². The molecule has 3 heteroatoms. The number of aromatic nitrogens is 2. The van der Waals surface area contributed by atoms with E-state index in [1.165, 1.54) is 5.56 Å². The summed E-state index contributed by atoms with van der Waals surface area (Å²) in [7, 11) is 1.99. The van der Waals surface area contributed by atoms with Crippen molar-refractivity contribution in [3.8, 4) is 6.07 Å². The average Bonchev–Trinajstić information content (AvgIpc) is 2.85. The molecule has 0 saturated heterocycles. The number of benzene rings is 1. The molecule has 1 aliphatic carbocycles. The average molecular weight is 211 g/mol. The van der Waals surface area contributed by atoms with E-state index in [2.05, 4.69) is 36.2 Å². The smallest absolute Gasteiger partial charge is 0.0955 e. The van der Waals surface area contributed by atoms with Gasteiger partial charge in [-0.2, -0.15) is 5.26 Å². The zero-order valence-electron chi connectivity index (χ0n) is 9.44. The highest BCUT2D eigenvalue weighted by Crippen LogP contribution is 2.53. The number of aryl methyl sites for hydroxylation is 1. The normalized spacial score (nSPS) is 27.9. The monoisotopic (exact) mass is 211 g/mol. The first kappa shape index (κ1) is 9.41. The van der Waals surface area contributed by atoms with Crippen molar-refractivity contribution < 1.29 is 0 Å². The topological polar surface area (TPSA) is 41.6 Å². The Bertz CT molecular complexity index is 605. The van der Waals surface area contributed by atoms with Crippen LogP contribution in [0.15, 0.2) is 24.5 Å². The minimum atomic E-state index is 0.0560. The second kappa shape index (κ2) is 2.85. The van der Waals surface area contributed by atoms with Crippen molar-refractivity contribution in [2.45, 2.75) is 18.8 Å². The fraction of sp³-hybridized carbons (Fsp3) is 0.385. The molecule has 1 aliphatic rings. The van der Waals surface area contributed by atoms with Crippen LogP contribution in [0.3, 0.4) is 0 Å². The number of nitrogens with zero attached hydrogens (tertiary/aromatic N) is 3. The summed E-state index contributed by atoms with van der Waals surface area (Å²) in [4.78, 5) is 4.35. The van der Waals surface area contributed by atoms with E-state index in [0.29, 0.717) is 0 Å². The summed E-state index contributed by atoms with van der Waals surface area (Å²) in [5, 5.41) is 8.95. The van der Waals surface area contributed by atoms with Gasteiger partial charge in [-0.1, -0.05) is 13.0 Å². The maximum atomic E-state index is 8.95. The molecule has 0 N–H and O–H groups in total. The molecule has 1 heterocycles. The first-order valence-corrected chi connectivity index (χ1v) is 5.46. The van der Waals surface area contributed by atoms with Crippen molar-refractivity contribution in [2.75, 3.05) is 0 Å². The van der Waals surface area contributed by atoms with Crippen LogP contribution in [-0.2, 0) is 12.5 Å². The van der Waals surface area contributed by atoms with Crippen molar-refractivity contribution in [1.29, 1.82) is 5.26 Å². The summed E-state index contributed by atoms with van der Waals surface area (Å²) < 4.78 is 2.01. The van der Waals surface area contributed by atoms with E-state index in [-0.39, 0.29) is 11.3 Å². The minimum absolute atomic E-state index is 0.0560. The molecular weight excluding hydrogens is 198 g/mol. The van der Waals surface area contributed by atoms with Gasteiger partial charge >= 0.3 is 0 Å². The molecule has 1 saturated carbocycles. The lowest BCUT2D eigenvalue weighted by molar-refractivity contribution is 0.743. The highest BCUT2D eigenvalue weighted by atomic mass is 15.0. The number of rotatable bonds is 1. The third-order valence-corrected chi connectivity index (χ3v) is 3.78. The molecule has 3 nitrogen and oxygen atoms in total. The van der Waals surface area contributed by atoms with Crippen LogP contribution in [0.1, 0.15) is 18.9 Å². The van der Waals surface area contributed by atoms with Gasteiger partial charge in [0.25, 0.3) is 0 Å². The van der Waals surface area contributed by atoms with E-state index < -0.39 is 0 Å². The molecule has 1 aromatic heterocycles. The predicted octanol–water partition coefficient (Wildman–Crippen LogP) is 2.37. The van der Waals surface area contributed by atoms with E-state index in [9.17, 15) is 0 Å². The van der Waals surface area contributed by atoms with Gasteiger partial charge in [0, 0.05) is 12.5 Å². The molecular formula is C13H13N3. The lowest BCUT2D eigenvalue weighted by atomic mass is 9.95. The van der Waals surface area contributed by atoms with Crippen molar-refractivity contribution in [3.63, 3.8) is 0 Å². The van der Waals surface area contributed by atoms with Gasteiger partial charge < -0.3 is 4.57 Å². The second-order valence-electron chi connectivity index (χ2n) is 4.86. The van der Waals surface area contributed by atoms with E-state index in [1.54, 1.807) is 0 Å². The van der Waals surface area contributed by atoms with Crippen molar-refractivity contribution >= 4 is 11.0 Å². The summed E-state index contributed by atoms with van der Waals surface area (Å²) in [5.41, 5.74) is 3.46. The van der Waals surface area contributed by atoms with Crippen molar-refractivity contribution in [2.24, 2.45) is 13.0 Å². The van der Waals surface area contributed by atoms with Crippen LogP contribution >= 0.6 is 0 Å². The standard InChI is InChI=1S/C13H13N3/c1-13(6-10(13)7-14)9-3-4-12-11(5-9)15-8-16(12)2/h3-5,8,10H,6H2,1-2H3. The van der Waals surface area contributed by atoms with Crippen LogP contribution in [0.5, 0.6) is 0 Å². The molecule has 16 heavy (non-hydrogen) atoms. The van der Waals surface area contributed by atoms with Crippen LogP contribution in [0.25, 0.3) is 11.0 Å². The maximum absolute atomic E-state index is 8.95. The van der Waals surface area contributed by atoms with Crippen LogP contribution in [0, 0.1) is 17.2 Å². The largest absolute Gasteiger partial charge is 0.334 e. The fourth-order valence-corrected chi connectivity index (χ4v) is 2.36. The van der Waals surface area contributed by atoms with Crippen LogP contribution in [0.4, 0.5) is 0 Å². The summed E-state index contributed by atoms with van der Waals surface area (Å²) in [6.07, 6.45) is 2.80. The highest BCUT2D eigenvalue weighted by molar-refractivity contribution is 5.76. The lowest BCUT2D eigenvalue weighted by Gasteiger charge is -2.09. The minimum Gasteiger partial charge on any atom is -0.334 e. The number of hydrogen-bond acceptors (Lipinski definition) is 2. The molecule has 0 aliphatic heterocycles. The van der Waals surface area contributed by atoms with Gasteiger partial charge in [0.05, 0.1) is 29.3 Å². The molecule has 0 spiro atoms. The molecule has 3 rings (SSSR count). The molecule has 1 aromatic carbocycles. The summed E-state index contributed by atoms with van der Waals surface area (Å²) in [5.74, 6) is 0.175. The van der Waals surface area contributed by atoms with Gasteiger partial charge in [-0.3, -0.25) is 0 Å². The quantitative estimate of drug-likeness (QED) is 0.726. The highest BCUT2D eigenvalue weighted by Gasteiger charge is 2.51. The molecule has 80 valence electrons. The number of hydrogen-bond donors (Lipinski definition) is 0. The van der Waals surface area contributed by atoms with E-state index in [1.807, 2.05) is 17.9 Å². The molecule has 2 atom stereocenters. The van der Waals surface area contributed by atoms with Crippen LogP contribution < -0.4 is 0 Å². The molecule has 2 unspecified atom stereocenters. The SMILES string of the molecule is Cn1cnc2cc(C3(C)CC3C#N)ccc21.